The summed E-state index contributed by atoms with van der Waals surface area (Å²) in [6, 6.07) is 6.60. The lowest BCUT2D eigenvalue weighted by Gasteiger charge is -2.30. The number of esters is 1. The Balaban J connectivity index is 1.93. The normalized spacial score (nSPS) is 19.3. The van der Waals surface area contributed by atoms with Crippen LogP contribution < -0.4 is 4.74 Å². The molecular formula is C28H37N3O8. The molecule has 1 aliphatic rings. The molecule has 1 aromatic heterocycles. The molecule has 1 amide bonds. The number of aromatic nitrogens is 2. The van der Waals surface area contributed by atoms with Gasteiger partial charge < -0.3 is 23.7 Å². The van der Waals surface area contributed by atoms with Crippen LogP contribution in [0.5, 0.6) is 5.75 Å². The predicted octanol–water partition coefficient (Wildman–Crippen LogP) is 4.12. The quantitative estimate of drug-likeness (QED) is 0.372. The summed E-state index contributed by atoms with van der Waals surface area (Å²) in [6.45, 7) is 10.3. The average molecular weight is 544 g/mol. The van der Waals surface area contributed by atoms with Crippen molar-refractivity contribution in [1.29, 1.82) is 0 Å². The van der Waals surface area contributed by atoms with Gasteiger partial charge in [-0.1, -0.05) is 12.1 Å². The summed E-state index contributed by atoms with van der Waals surface area (Å²) in [6.07, 6.45) is 1.03. The van der Waals surface area contributed by atoms with Gasteiger partial charge in [0.1, 0.15) is 17.0 Å². The molecule has 3 rings (SSSR count). The van der Waals surface area contributed by atoms with Gasteiger partial charge in [0, 0.05) is 18.6 Å². The number of methoxy groups -OCH3 is 1. The molecule has 11 nitrogen and oxygen atoms in total. The fraction of sp³-hybridized carbons (Fsp3) is 0.536. The summed E-state index contributed by atoms with van der Waals surface area (Å²) in [5.74, 6) is 0.0660. The van der Waals surface area contributed by atoms with Gasteiger partial charge in [0.15, 0.2) is 12.2 Å². The lowest BCUT2D eigenvalue weighted by molar-refractivity contribution is -0.155. The van der Waals surface area contributed by atoms with E-state index < -0.39 is 47.7 Å². The van der Waals surface area contributed by atoms with Crippen molar-refractivity contribution in [2.45, 2.75) is 83.8 Å². The maximum atomic E-state index is 13.3. The molecule has 0 radical (unpaired) electrons. The fourth-order valence-electron chi connectivity index (χ4n) is 4.04. The Morgan fingerprint density at radius 3 is 2.18 bits per heavy atom. The van der Waals surface area contributed by atoms with Crippen LogP contribution in [0.25, 0.3) is 0 Å². The van der Waals surface area contributed by atoms with Crippen LogP contribution in [0.1, 0.15) is 52.8 Å². The van der Waals surface area contributed by atoms with Gasteiger partial charge in [-0.25, -0.2) is 9.59 Å². The Morgan fingerprint density at radius 2 is 1.62 bits per heavy atom. The maximum Gasteiger partial charge on any atom is 0.509 e. The Morgan fingerprint density at radius 1 is 0.949 bits per heavy atom. The Kier molecular flexibility index (Phi) is 9.36. The molecule has 1 saturated heterocycles. The molecule has 1 fully saturated rings. The minimum Gasteiger partial charge on any atom is -0.497 e. The number of carbonyl (C=O) groups excluding carboxylic acids is 3. The van der Waals surface area contributed by atoms with Crippen LogP contribution >= 0.6 is 0 Å². The Labute approximate surface area is 228 Å². The van der Waals surface area contributed by atoms with Crippen LogP contribution in [0.2, 0.25) is 0 Å². The largest absolute Gasteiger partial charge is 0.509 e. The minimum atomic E-state index is -1.00. The smallest absolute Gasteiger partial charge is 0.497 e. The molecule has 0 N–H and O–H groups in total. The van der Waals surface area contributed by atoms with E-state index in [0.29, 0.717) is 17.9 Å². The summed E-state index contributed by atoms with van der Waals surface area (Å²) >= 11 is 0. The van der Waals surface area contributed by atoms with E-state index in [1.54, 1.807) is 60.8 Å². The number of rotatable bonds is 7. The second-order valence-electron chi connectivity index (χ2n) is 11.2. The first-order valence-electron chi connectivity index (χ1n) is 12.7. The van der Waals surface area contributed by atoms with E-state index in [4.69, 9.17) is 23.7 Å². The van der Waals surface area contributed by atoms with Gasteiger partial charge in [-0.15, -0.1) is 0 Å². The highest BCUT2D eigenvalue weighted by Gasteiger charge is 2.50. The first kappa shape index (κ1) is 29.7. The van der Waals surface area contributed by atoms with Gasteiger partial charge in [-0.3, -0.25) is 19.7 Å². The second-order valence-corrected chi connectivity index (χ2v) is 11.2. The van der Waals surface area contributed by atoms with Crippen molar-refractivity contribution in [3.63, 3.8) is 0 Å². The lowest BCUT2D eigenvalue weighted by atomic mass is 10.0. The topological polar surface area (TPSA) is 126 Å². The predicted molar refractivity (Wildman–Crippen MR) is 140 cm³/mol. The highest BCUT2D eigenvalue weighted by Crippen LogP contribution is 2.30. The second kappa shape index (κ2) is 12.3. The molecule has 0 unspecified atom stereocenters. The summed E-state index contributed by atoms with van der Waals surface area (Å²) in [5, 5.41) is 0. The van der Waals surface area contributed by atoms with Gasteiger partial charge >= 0.3 is 18.2 Å². The Hall–Kier alpha value is -3.89. The van der Waals surface area contributed by atoms with Gasteiger partial charge in [0.2, 0.25) is 0 Å². The van der Waals surface area contributed by atoms with E-state index >= 15 is 0 Å². The van der Waals surface area contributed by atoms with Crippen molar-refractivity contribution < 1.29 is 38.1 Å². The van der Waals surface area contributed by atoms with Crippen molar-refractivity contribution in [3.05, 3.63) is 54.1 Å². The molecular weight excluding hydrogens is 506 g/mol. The molecule has 39 heavy (non-hydrogen) atoms. The van der Waals surface area contributed by atoms with Crippen LogP contribution in [0.15, 0.2) is 42.9 Å². The van der Waals surface area contributed by atoms with E-state index in [0.717, 1.165) is 5.56 Å². The van der Waals surface area contributed by atoms with Gasteiger partial charge in [-0.2, -0.15) is 0 Å². The number of likely N-dealkylation sites (tertiary alicyclic amines) is 1. The zero-order chi connectivity index (χ0) is 28.8. The number of ether oxygens (including phenoxy) is 5. The third-order valence-electron chi connectivity index (χ3n) is 5.60. The molecule has 0 aliphatic carbocycles. The van der Waals surface area contributed by atoms with Crippen molar-refractivity contribution in [1.82, 2.24) is 14.9 Å². The highest BCUT2D eigenvalue weighted by molar-refractivity contribution is 5.73. The van der Waals surface area contributed by atoms with Crippen molar-refractivity contribution in [3.8, 4) is 5.75 Å². The molecule has 0 saturated carbocycles. The van der Waals surface area contributed by atoms with E-state index in [-0.39, 0.29) is 13.0 Å². The van der Waals surface area contributed by atoms with Gasteiger partial charge in [0.05, 0.1) is 31.8 Å². The number of carbonyl (C=O) groups is 3. The van der Waals surface area contributed by atoms with E-state index in [1.807, 2.05) is 12.1 Å². The summed E-state index contributed by atoms with van der Waals surface area (Å²) in [5.41, 5.74) is -0.311. The van der Waals surface area contributed by atoms with Crippen LogP contribution in [-0.4, -0.2) is 76.2 Å². The van der Waals surface area contributed by atoms with E-state index in [9.17, 15) is 14.4 Å². The summed E-state index contributed by atoms with van der Waals surface area (Å²) in [7, 11) is 1.57. The third kappa shape index (κ3) is 9.12. The first-order valence-corrected chi connectivity index (χ1v) is 12.7. The van der Waals surface area contributed by atoms with Crippen molar-refractivity contribution in [2.75, 3.05) is 13.7 Å². The number of hydrogen-bond donors (Lipinski definition) is 0. The standard InChI is InChI=1S/C28H37N3O8/c1-27(2,3)38-25(33)31-17-22(36-26(34)39-28(4,5)6)24(37-23(32)15-19-16-29-12-13-30-19)21(31)14-18-8-10-20(35-7)11-9-18/h8-13,16,21-22,24H,14-15,17H2,1-7H3/t21-,22+,24+/m1/s1. The van der Waals surface area contributed by atoms with Crippen molar-refractivity contribution in [2.24, 2.45) is 0 Å². The van der Waals surface area contributed by atoms with Crippen LogP contribution in [0, 0.1) is 0 Å². The van der Waals surface area contributed by atoms with Gasteiger partial charge in [0.25, 0.3) is 0 Å². The Bertz CT molecular complexity index is 1130. The number of hydrogen-bond acceptors (Lipinski definition) is 10. The maximum absolute atomic E-state index is 13.3. The van der Waals surface area contributed by atoms with Crippen molar-refractivity contribution >= 4 is 18.2 Å². The number of nitrogens with zero attached hydrogens (tertiary/aromatic N) is 3. The molecule has 1 aliphatic heterocycles. The molecule has 1 aromatic carbocycles. The summed E-state index contributed by atoms with van der Waals surface area (Å²) < 4.78 is 27.7. The molecule has 2 aromatic rings. The average Bonchev–Trinajstić information content (AvgIpc) is 3.14. The third-order valence-corrected chi connectivity index (χ3v) is 5.60. The SMILES string of the molecule is COc1ccc(C[C@@H]2[C@H](OC(=O)Cc3cnccn3)[C@@H](OC(=O)OC(C)(C)C)CN2C(=O)OC(C)(C)C)cc1. The molecule has 3 atom stereocenters. The zero-order valence-corrected chi connectivity index (χ0v) is 23.5. The molecule has 0 spiro atoms. The molecule has 212 valence electrons. The van der Waals surface area contributed by atoms with E-state index in [1.165, 1.54) is 23.5 Å². The molecule has 11 heteroatoms. The zero-order valence-electron chi connectivity index (χ0n) is 23.5. The van der Waals surface area contributed by atoms with Crippen LogP contribution in [0.3, 0.4) is 0 Å². The fourth-order valence-corrected chi connectivity index (χ4v) is 4.04. The highest BCUT2D eigenvalue weighted by atomic mass is 16.7. The van der Waals surface area contributed by atoms with E-state index in [2.05, 4.69) is 9.97 Å². The molecule has 2 heterocycles. The number of benzene rings is 1. The van der Waals surface area contributed by atoms with Crippen LogP contribution in [-0.2, 0) is 36.6 Å². The first-order chi connectivity index (χ1) is 18.2. The molecule has 0 bridgehead atoms. The summed E-state index contributed by atoms with van der Waals surface area (Å²) in [4.78, 5) is 48.5. The van der Waals surface area contributed by atoms with Crippen LogP contribution in [0.4, 0.5) is 9.59 Å². The monoisotopic (exact) mass is 543 g/mol. The number of amides is 1. The van der Waals surface area contributed by atoms with Gasteiger partial charge in [-0.05, 0) is 65.7 Å². The lowest BCUT2D eigenvalue weighted by Crippen LogP contribution is -2.45. The minimum absolute atomic E-state index is 0.0575.